The monoisotopic (exact) mass is 418 g/mol. The van der Waals surface area contributed by atoms with Crippen LogP contribution >= 0.6 is 0 Å². The van der Waals surface area contributed by atoms with Gasteiger partial charge in [-0.15, -0.1) is 0 Å². The van der Waals surface area contributed by atoms with E-state index in [2.05, 4.69) is 5.16 Å². The number of hydrogen-bond donors (Lipinski definition) is 1. The molecule has 1 aliphatic rings. The number of rotatable bonds is 5. The summed E-state index contributed by atoms with van der Waals surface area (Å²) >= 11 is 0. The number of ketones is 1. The molecular formula is C24H22N2O5. The van der Waals surface area contributed by atoms with Gasteiger partial charge in [-0.05, 0) is 50.6 Å². The number of hydrogen-bond acceptors (Lipinski definition) is 6. The van der Waals surface area contributed by atoms with Crippen molar-refractivity contribution < 1.29 is 24.0 Å². The summed E-state index contributed by atoms with van der Waals surface area (Å²) in [4.78, 5) is 27.3. The molecule has 3 aromatic rings. The van der Waals surface area contributed by atoms with E-state index in [0.717, 1.165) is 5.56 Å². The highest BCUT2D eigenvalue weighted by Crippen LogP contribution is 2.42. The molecule has 4 rings (SSSR count). The van der Waals surface area contributed by atoms with Crippen molar-refractivity contribution in [2.45, 2.75) is 26.8 Å². The maximum atomic E-state index is 13.0. The standard InChI is InChI=1S/C24H22N2O5/c1-4-30-18-11-9-17(10-12-18)22(27)20-21(16-7-5-14(2)6-8-16)26(24(29)23(20)28)19-13-15(3)31-25-19/h5-13,21,27H,4H2,1-3H3. The molecular weight excluding hydrogens is 396 g/mol. The van der Waals surface area contributed by atoms with Crippen LogP contribution in [0.1, 0.15) is 35.4 Å². The Morgan fingerprint density at radius 3 is 2.35 bits per heavy atom. The molecule has 0 bridgehead atoms. The number of benzene rings is 2. The number of nitrogens with zero attached hydrogens (tertiary/aromatic N) is 2. The zero-order valence-corrected chi connectivity index (χ0v) is 17.5. The summed E-state index contributed by atoms with van der Waals surface area (Å²) in [6.07, 6.45) is 0. The third-order valence-electron chi connectivity index (χ3n) is 5.14. The van der Waals surface area contributed by atoms with E-state index in [-0.39, 0.29) is 17.2 Å². The van der Waals surface area contributed by atoms with Crippen molar-refractivity contribution in [3.63, 3.8) is 0 Å². The molecule has 1 N–H and O–H groups in total. The predicted molar refractivity (Wildman–Crippen MR) is 115 cm³/mol. The normalized spacial score (nSPS) is 17.9. The van der Waals surface area contributed by atoms with E-state index in [1.807, 2.05) is 38.1 Å². The highest BCUT2D eigenvalue weighted by atomic mass is 16.5. The number of ether oxygens (including phenoxy) is 1. The van der Waals surface area contributed by atoms with Crippen LogP contribution in [0.3, 0.4) is 0 Å². The lowest BCUT2D eigenvalue weighted by Crippen LogP contribution is -2.29. The van der Waals surface area contributed by atoms with Crippen LogP contribution in [0.5, 0.6) is 5.75 Å². The summed E-state index contributed by atoms with van der Waals surface area (Å²) in [6, 6.07) is 14.9. The van der Waals surface area contributed by atoms with Crippen LogP contribution in [0.4, 0.5) is 5.82 Å². The Labute approximate surface area is 179 Å². The minimum Gasteiger partial charge on any atom is -0.507 e. The molecule has 0 saturated carbocycles. The van der Waals surface area contributed by atoms with Crippen LogP contribution in [0, 0.1) is 13.8 Å². The molecule has 1 unspecified atom stereocenters. The predicted octanol–water partition coefficient (Wildman–Crippen LogP) is 4.32. The fourth-order valence-corrected chi connectivity index (χ4v) is 3.63. The summed E-state index contributed by atoms with van der Waals surface area (Å²) in [7, 11) is 0. The van der Waals surface area contributed by atoms with E-state index in [1.54, 1.807) is 37.3 Å². The Balaban J connectivity index is 1.87. The summed E-state index contributed by atoms with van der Waals surface area (Å²) in [5.74, 6) is -0.437. The van der Waals surface area contributed by atoms with Gasteiger partial charge in [-0.1, -0.05) is 35.0 Å². The topological polar surface area (TPSA) is 92.9 Å². The fourth-order valence-electron chi connectivity index (χ4n) is 3.63. The number of amides is 1. The molecule has 0 spiro atoms. The van der Waals surface area contributed by atoms with Crippen LogP contribution in [-0.4, -0.2) is 28.6 Å². The molecule has 7 heteroatoms. The molecule has 31 heavy (non-hydrogen) atoms. The smallest absolute Gasteiger partial charge is 0.301 e. The quantitative estimate of drug-likeness (QED) is 0.377. The molecule has 1 fully saturated rings. The van der Waals surface area contributed by atoms with Crippen molar-refractivity contribution in [1.29, 1.82) is 0 Å². The van der Waals surface area contributed by atoms with Crippen molar-refractivity contribution in [2.75, 3.05) is 11.5 Å². The maximum Gasteiger partial charge on any atom is 0.301 e. The second-order valence-corrected chi connectivity index (χ2v) is 7.33. The first-order valence-electron chi connectivity index (χ1n) is 9.94. The summed E-state index contributed by atoms with van der Waals surface area (Å²) in [5.41, 5.74) is 2.12. The van der Waals surface area contributed by atoms with Gasteiger partial charge in [0, 0.05) is 11.6 Å². The number of anilines is 1. The number of carbonyl (C=O) groups excluding carboxylic acids is 2. The highest BCUT2D eigenvalue weighted by molar-refractivity contribution is 6.51. The van der Waals surface area contributed by atoms with Gasteiger partial charge in [0.15, 0.2) is 5.82 Å². The van der Waals surface area contributed by atoms with Crippen LogP contribution < -0.4 is 9.64 Å². The maximum absolute atomic E-state index is 13.0. The Kier molecular flexibility index (Phi) is 5.33. The largest absolute Gasteiger partial charge is 0.507 e. The van der Waals surface area contributed by atoms with Gasteiger partial charge in [-0.25, -0.2) is 0 Å². The molecule has 1 aromatic heterocycles. The molecule has 7 nitrogen and oxygen atoms in total. The molecule has 1 aliphatic heterocycles. The van der Waals surface area contributed by atoms with Crippen LogP contribution in [0.2, 0.25) is 0 Å². The number of aliphatic hydroxyl groups is 1. The molecule has 1 amide bonds. The van der Waals surface area contributed by atoms with E-state index in [4.69, 9.17) is 9.26 Å². The molecule has 0 aliphatic carbocycles. The minimum absolute atomic E-state index is 0.00124. The molecule has 1 saturated heterocycles. The van der Waals surface area contributed by atoms with Gasteiger partial charge in [-0.2, -0.15) is 0 Å². The molecule has 158 valence electrons. The lowest BCUT2D eigenvalue weighted by Gasteiger charge is -2.23. The lowest BCUT2D eigenvalue weighted by atomic mass is 9.94. The zero-order chi connectivity index (χ0) is 22.1. The van der Waals surface area contributed by atoms with Crippen LogP contribution in [0.15, 0.2) is 64.7 Å². The second kappa shape index (κ2) is 8.10. The van der Waals surface area contributed by atoms with Gasteiger partial charge in [0.25, 0.3) is 5.78 Å². The number of aromatic nitrogens is 1. The van der Waals surface area contributed by atoms with Crippen LogP contribution in [-0.2, 0) is 9.59 Å². The first kappa shape index (κ1) is 20.4. The van der Waals surface area contributed by atoms with Gasteiger partial charge in [0.1, 0.15) is 17.3 Å². The van der Waals surface area contributed by atoms with Gasteiger partial charge in [0.2, 0.25) is 0 Å². The number of aliphatic hydroxyl groups excluding tert-OH is 1. The van der Waals surface area contributed by atoms with E-state index in [1.165, 1.54) is 4.90 Å². The van der Waals surface area contributed by atoms with E-state index >= 15 is 0 Å². The van der Waals surface area contributed by atoms with E-state index in [9.17, 15) is 14.7 Å². The summed E-state index contributed by atoms with van der Waals surface area (Å²) in [6.45, 7) is 6.04. The van der Waals surface area contributed by atoms with Crippen LogP contribution in [0.25, 0.3) is 5.76 Å². The van der Waals surface area contributed by atoms with Gasteiger partial charge in [0.05, 0.1) is 18.2 Å². The Morgan fingerprint density at radius 2 is 1.77 bits per heavy atom. The first-order chi connectivity index (χ1) is 14.9. The number of Topliss-reactive ketones (excluding diaryl/α,β-unsaturated/α-hetero) is 1. The van der Waals surface area contributed by atoms with Crippen molar-refractivity contribution in [1.82, 2.24) is 5.16 Å². The minimum atomic E-state index is -0.836. The number of carbonyl (C=O) groups is 2. The van der Waals surface area contributed by atoms with Crippen molar-refractivity contribution >= 4 is 23.3 Å². The van der Waals surface area contributed by atoms with Gasteiger partial charge < -0.3 is 14.4 Å². The SMILES string of the molecule is CCOc1ccc(C(O)=C2C(=O)C(=O)N(c3cc(C)on3)C2c2ccc(C)cc2)cc1. The third kappa shape index (κ3) is 3.70. The first-order valence-corrected chi connectivity index (χ1v) is 9.94. The second-order valence-electron chi connectivity index (χ2n) is 7.33. The lowest BCUT2D eigenvalue weighted by molar-refractivity contribution is -0.132. The molecule has 1 atom stereocenters. The summed E-state index contributed by atoms with van der Waals surface area (Å²) in [5, 5.41) is 15.0. The van der Waals surface area contributed by atoms with Gasteiger partial charge >= 0.3 is 5.91 Å². The Bertz CT molecular complexity index is 1160. The highest BCUT2D eigenvalue weighted by Gasteiger charge is 2.48. The van der Waals surface area contributed by atoms with Crippen molar-refractivity contribution in [3.05, 3.63) is 82.6 Å². The van der Waals surface area contributed by atoms with Gasteiger partial charge in [-0.3, -0.25) is 14.5 Å². The van der Waals surface area contributed by atoms with Crippen molar-refractivity contribution in [2.24, 2.45) is 0 Å². The Morgan fingerprint density at radius 1 is 1.10 bits per heavy atom. The number of aryl methyl sites for hydroxylation is 2. The van der Waals surface area contributed by atoms with E-state index in [0.29, 0.717) is 29.2 Å². The third-order valence-corrected chi connectivity index (χ3v) is 5.14. The fraction of sp³-hybridized carbons (Fsp3) is 0.208. The van der Waals surface area contributed by atoms with E-state index < -0.39 is 17.7 Å². The molecule has 2 aromatic carbocycles. The summed E-state index contributed by atoms with van der Waals surface area (Å²) < 4.78 is 10.6. The van der Waals surface area contributed by atoms with Crippen molar-refractivity contribution in [3.8, 4) is 5.75 Å². The molecule has 2 heterocycles. The average molecular weight is 418 g/mol. The average Bonchev–Trinajstić information content (AvgIpc) is 3.30. The Hall–Kier alpha value is -3.87. The molecule has 0 radical (unpaired) electrons. The zero-order valence-electron chi connectivity index (χ0n) is 17.5.